The number of carbonyl (C=O) groups is 1. The summed E-state index contributed by atoms with van der Waals surface area (Å²) in [6, 6.07) is 2.97. The fraction of sp³-hybridized carbons (Fsp3) is 0.375. The fourth-order valence-electron chi connectivity index (χ4n) is 2.98. The number of piperazine rings is 1. The van der Waals surface area contributed by atoms with E-state index < -0.39 is 11.2 Å². The molecule has 0 amide bonds. The van der Waals surface area contributed by atoms with Crippen molar-refractivity contribution in [2.45, 2.75) is 6.92 Å². The van der Waals surface area contributed by atoms with E-state index in [1.807, 2.05) is 4.90 Å². The number of ketones is 1. The number of aryl methyl sites for hydroxylation is 1. The predicted molar refractivity (Wildman–Crippen MR) is 83.0 cm³/mol. The van der Waals surface area contributed by atoms with Gasteiger partial charge in [0.05, 0.1) is 42.9 Å². The Morgan fingerprint density at radius 3 is 2.59 bits per heavy atom. The zero-order valence-corrected chi connectivity index (χ0v) is 12.7. The molecule has 0 atom stereocenters. The number of quaternary nitrogens is 1. The summed E-state index contributed by atoms with van der Waals surface area (Å²) in [4.78, 5) is 25.9. The number of halogens is 1. The number of hydrogen-bond acceptors (Lipinski definition) is 3. The van der Waals surface area contributed by atoms with Crippen LogP contribution < -0.4 is 15.6 Å². The summed E-state index contributed by atoms with van der Waals surface area (Å²) in [5.74, 6) is -0.717. The van der Waals surface area contributed by atoms with Crippen LogP contribution in [-0.4, -0.2) is 36.5 Å². The van der Waals surface area contributed by atoms with Gasteiger partial charge in [-0.05, 0) is 19.1 Å². The highest BCUT2D eigenvalue weighted by Gasteiger charge is 2.19. The Morgan fingerprint density at radius 2 is 1.95 bits per heavy atom. The molecule has 116 valence electrons. The molecule has 6 heteroatoms. The minimum atomic E-state index is -0.410. The van der Waals surface area contributed by atoms with E-state index in [2.05, 4.69) is 5.32 Å². The highest BCUT2D eigenvalue weighted by Crippen LogP contribution is 2.24. The summed E-state index contributed by atoms with van der Waals surface area (Å²) >= 11 is 0. The van der Waals surface area contributed by atoms with Crippen LogP contribution in [0, 0.1) is 5.82 Å². The lowest BCUT2D eigenvalue weighted by Crippen LogP contribution is -2.89. The Labute approximate surface area is 127 Å². The molecule has 0 unspecified atom stereocenters. The van der Waals surface area contributed by atoms with Gasteiger partial charge >= 0.3 is 0 Å². The first kappa shape index (κ1) is 14.7. The van der Waals surface area contributed by atoms with Gasteiger partial charge in [-0.25, -0.2) is 4.39 Å². The lowest BCUT2D eigenvalue weighted by atomic mass is 10.1. The predicted octanol–water partition coefficient (Wildman–Crippen LogP) is 0.264. The van der Waals surface area contributed by atoms with Crippen molar-refractivity contribution in [1.29, 1.82) is 0 Å². The van der Waals surface area contributed by atoms with Crippen LogP contribution in [-0.2, 0) is 7.05 Å². The number of aromatic nitrogens is 1. The van der Waals surface area contributed by atoms with Gasteiger partial charge in [-0.15, -0.1) is 0 Å². The van der Waals surface area contributed by atoms with Gasteiger partial charge in [0.2, 0.25) is 0 Å². The molecule has 5 nitrogen and oxygen atoms in total. The number of nitrogens with two attached hydrogens (primary N) is 1. The molecule has 0 bridgehead atoms. The fourth-order valence-corrected chi connectivity index (χ4v) is 2.98. The van der Waals surface area contributed by atoms with Crippen molar-refractivity contribution in [1.82, 2.24) is 4.57 Å². The van der Waals surface area contributed by atoms with Crippen molar-refractivity contribution < 1.29 is 14.5 Å². The van der Waals surface area contributed by atoms with Gasteiger partial charge in [-0.3, -0.25) is 9.59 Å². The second kappa shape index (κ2) is 5.53. The number of benzene rings is 1. The molecule has 0 radical (unpaired) electrons. The Balaban J connectivity index is 2.22. The van der Waals surface area contributed by atoms with Gasteiger partial charge in [-0.2, -0.15) is 0 Å². The summed E-state index contributed by atoms with van der Waals surface area (Å²) in [6.45, 7) is 4.76. The van der Waals surface area contributed by atoms with Crippen LogP contribution in [0.4, 0.5) is 10.1 Å². The molecule has 0 saturated carbocycles. The molecule has 2 aromatic rings. The molecule has 0 spiro atoms. The third-order valence-corrected chi connectivity index (χ3v) is 4.18. The minimum absolute atomic E-state index is 0.0923. The molecule has 1 fully saturated rings. The molecule has 0 aliphatic carbocycles. The van der Waals surface area contributed by atoms with Crippen LogP contribution in [0.1, 0.15) is 17.3 Å². The molecule has 2 heterocycles. The van der Waals surface area contributed by atoms with Crippen molar-refractivity contribution in [3.8, 4) is 0 Å². The largest absolute Gasteiger partial charge is 0.358 e. The smallest absolute Gasteiger partial charge is 0.200 e. The van der Waals surface area contributed by atoms with Gasteiger partial charge in [0, 0.05) is 18.6 Å². The van der Waals surface area contributed by atoms with Crippen LogP contribution >= 0.6 is 0 Å². The third-order valence-electron chi connectivity index (χ3n) is 4.18. The monoisotopic (exact) mass is 304 g/mol. The molecule has 1 aliphatic heterocycles. The summed E-state index contributed by atoms with van der Waals surface area (Å²) < 4.78 is 16.2. The highest BCUT2D eigenvalue weighted by molar-refractivity contribution is 5.97. The van der Waals surface area contributed by atoms with E-state index in [0.717, 1.165) is 26.2 Å². The molecule has 3 rings (SSSR count). The first-order valence-electron chi connectivity index (χ1n) is 7.39. The molecule has 1 aliphatic rings. The molecule has 22 heavy (non-hydrogen) atoms. The van der Waals surface area contributed by atoms with Crippen molar-refractivity contribution in [2.75, 3.05) is 31.1 Å². The second-order valence-corrected chi connectivity index (χ2v) is 5.71. The molecule has 2 N–H and O–H groups in total. The Morgan fingerprint density at radius 1 is 1.27 bits per heavy atom. The Kier molecular flexibility index (Phi) is 3.70. The molecule has 1 aromatic heterocycles. The first-order valence-corrected chi connectivity index (χ1v) is 7.39. The van der Waals surface area contributed by atoms with Gasteiger partial charge in [0.15, 0.2) is 11.2 Å². The molecular formula is C16H19FN3O2+. The Bertz CT molecular complexity index is 807. The third kappa shape index (κ3) is 2.39. The number of carbonyl (C=O) groups excluding carboxylic acids is 1. The number of nitrogens with zero attached hydrogens (tertiary/aromatic N) is 2. The highest BCUT2D eigenvalue weighted by atomic mass is 19.1. The van der Waals surface area contributed by atoms with Crippen LogP contribution in [0.5, 0.6) is 0 Å². The quantitative estimate of drug-likeness (QED) is 0.810. The summed E-state index contributed by atoms with van der Waals surface area (Å²) in [6.07, 6.45) is 1.53. The topological polar surface area (TPSA) is 58.9 Å². The maximum absolute atomic E-state index is 14.5. The van der Waals surface area contributed by atoms with Gasteiger partial charge in [0.25, 0.3) is 0 Å². The number of rotatable bonds is 2. The molecule has 1 aromatic carbocycles. The zero-order chi connectivity index (χ0) is 15.9. The number of pyridine rings is 1. The second-order valence-electron chi connectivity index (χ2n) is 5.71. The van der Waals surface area contributed by atoms with Crippen LogP contribution in [0.2, 0.25) is 0 Å². The van der Waals surface area contributed by atoms with E-state index in [1.165, 1.54) is 19.2 Å². The zero-order valence-electron chi connectivity index (χ0n) is 12.7. The average Bonchev–Trinajstić information content (AvgIpc) is 2.51. The summed E-state index contributed by atoms with van der Waals surface area (Å²) in [7, 11) is 1.76. The van der Waals surface area contributed by atoms with E-state index in [0.29, 0.717) is 11.2 Å². The van der Waals surface area contributed by atoms with Crippen LogP contribution in [0.25, 0.3) is 10.9 Å². The number of Topliss-reactive ketones (excluding diaryl/α,β-unsaturated/α-hetero) is 1. The molecule has 1 saturated heterocycles. The SMILES string of the molecule is CC(=O)c1cn(C)c2cc(N3CC[NH2+]CC3)c(F)cc2c1=O. The van der Waals surface area contributed by atoms with Crippen LogP contribution in [0.3, 0.4) is 0 Å². The number of anilines is 1. The van der Waals surface area contributed by atoms with Crippen molar-refractivity contribution in [3.05, 3.63) is 39.9 Å². The van der Waals surface area contributed by atoms with E-state index in [4.69, 9.17) is 0 Å². The van der Waals surface area contributed by atoms with Gasteiger partial charge in [-0.1, -0.05) is 0 Å². The van der Waals surface area contributed by atoms with Crippen molar-refractivity contribution in [2.24, 2.45) is 7.05 Å². The number of fused-ring (bicyclic) bond motifs is 1. The van der Waals surface area contributed by atoms with Crippen LogP contribution in [0.15, 0.2) is 23.1 Å². The minimum Gasteiger partial charge on any atom is -0.358 e. The van der Waals surface area contributed by atoms with Crippen molar-refractivity contribution in [3.63, 3.8) is 0 Å². The first-order chi connectivity index (χ1) is 10.5. The lowest BCUT2D eigenvalue weighted by Gasteiger charge is -2.28. The average molecular weight is 304 g/mol. The van der Waals surface area contributed by atoms with E-state index in [-0.39, 0.29) is 16.7 Å². The summed E-state index contributed by atoms with van der Waals surface area (Å²) in [5.41, 5.74) is 0.847. The maximum Gasteiger partial charge on any atom is 0.200 e. The van der Waals surface area contributed by atoms with Gasteiger partial charge < -0.3 is 14.8 Å². The molecular weight excluding hydrogens is 285 g/mol. The maximum atomic E-state index is 14.5. The van der Waals surface area contributed by atoms with E-state index in [9.17, 15) is 14.0 Å². The number of hydrogen-bond donors (Lipinski definition) is 1. The van der Waals surface area contributed by atoms with E-state index in [1.54, 1.807) is 17.7 Å². The van der Waals surface area contributed by atoms with Gasteiger partial charge in [0.1, 0.15) is 5.82 Å². The van der Waals surface area contributed by atoms with Crippen molar-refractivity contribution >= 4 is 22.4 Å². The standard InChI is InChI=1S/C16H18FN3O2/c1-10(21)12-9-19(2)14-8-15(20-5-3-18-4-6-20)13(17)7-11(14)16(12)22/h7-9,18H,3-6H2,1-2H3/p+1. The normalized spacial score (nSPS) is 15.3. The summed E-state index contributed by atoms with van der Waals surface area (Å²) in [5, 5.41) is 2.45. The lowest BCUT2D eigenvalue weighted by molar-refractivity contribution is -0.655. The van der Waals surface area contributed by atoms with E-state index >= 15 is 0 Å². The Hall–Kier alpha value is -2.21.